The number of carbonyl (C=O) groups excluding carboxylic acids is 1. The van der Waals surface area contributed by atoms with Gasteiger partial charge in [-0.25, -0.2) is 4.39 Å². The number of piperidine rings is 1. The minimum Gasteiger partial charge on any atom is -0.356 e. The molecule has 1 aliphatic heterocycles. The molecule has 1 aromatic carbocycles. The Balaban J connectivity index is 0.00000242. The first kappa shape index (κ1) is 19.3. The summed E-state index contributed by atoms with van der Waals surface area (Å²) in [7, 11) is 0. The van der Waals surface area contributed by atoms with Gasteiger partial charge in [-0.2, -0.15) is 0 Å². The third-order valence-corrected chi connectivity index (χ3v) is 4.95. The van der Waals surface area contributed by atoms with Crippen LogP contribution in [0.2, 0.25) is 0 Å². The van der Waals surface area contributed by atoms with E-state index >= 15 is 0 Å². The van der Waals surface area contributed by atoms with Gasteiger partial charge in [0.1, 0.15) is 5.82 Å². The Morgan fingerprint density at radius 3 is 2.59 bits per heavy atom. The summed E-state index contributed by atoms with van der Waals surface area (Å²) in [4.78, 5) is 12.9. The van der Waals surface area contributed by atoms with Gasteiger partial charge >= 0.3 is 0 Å². The minimum atomic E-state index is -0.229. The third kappa shape index (κ3) is 6.55. The van der Waals surface area contributed by atoms with E-state index in [0.717, 1.165) is 43.1 Å². The molecule has 1 saturated heterocycles. The highest BCUT2D eigenvalue weighted by atomic mass is 35.5. The molecule has 0 bridgehead atoms. The maximum absolute atomic E-state index is 12.8. The number of halogens is 2. The topological polar surface area (TPSA) is 41.1 Å². The van der Waals surface area contributed by atoms with Crippen LogP contribution in [0, 0.1) is 11.2 Å². The molecule has 0 aromatic heterocycles. The molecule has 0 unspecified atom stereocenters. The maximum atomic E-state index is 12.8. The second kappa shape index (κ2) is 9.38. The first-order valence-electron chi connectivity index (χ1n) is 7.43. The van der Waals surface area contributed by atoms with Crippen molar-refractivity contribution in [2.75, 3.05) is 25.4 Å². The van der Waals surface area contributed by atoms with Crippen LogP contribution in [-0.2, 0) is 4.79 Å². The molecular weight excluding hydrogens is 323 g/mol. The van der Waals surface area contributed by atoms with Crippen LogP contribution in [0.1, 0.15) is 26.2 Å². The Bertz CT molecular complexity index is 464. The molecule has 1 aliphatic rings. The van der Waals surface area contributed by atoms with E-state index in [4.69, 9.17) is 0 Å². The first-order chi connectivity index (χ1) is 10.1. The fourth-order valence-electron chi connectivity index (χ4n) is 2.40. The lowest BCUT2D eigenvalue weighted by Gasteiger charge is -2.34. The zero-order valence-electron chi connectivity index (χ0n) is 12.9. The zero-order valence-corrected chi connectivity index (χ0v) is 14.5. The van der Waals surface area contributed by atoms with E-state index in [1.54, 1.807) is 23.9 Å². The number of benzene rings is 1. The summed E-state index contributed by atoms with van der Waals surface area (Å²) in [5.74, 6) is 0.590. The lowest BCUT2D eigenvalue weighted by atomic mass is 9.81. The van der Waals surface area contributed by atoms with E-state index in [1.165, 1.54) is 12.1 Å². The number of rotatable bonds is 6. The van der Waals surface area contributed by atoms with Crippen LogP contribution >= 0.6 is 24.2 Å². The van der Waals surface area contributed by atoms with Crippen molar-refractivity contribution in [3.05, 3.63) is 30.1 Å². The summed E-state index contributed by atoms with van der Waals surface area (Å²) < 4.78 is 12.8. The summed E-state index contributed by atoms with van der Waals surface area (Å²) in [6.45, 7) is 5.07. The van der Waals surface area contributed by atoms with Crippen LogP contribution in [0.25, 0.3) is 0 Å². The molecule has 0 radical (unpaired) electrons. The Labute approximate surface area is 142 Å². The van der Waals surface area contributed by atoms with Gasteiger partial charge < -0.3 is 10.6 Å². The number of nitrogens with one attached hydrogen (secondary N) is 2. The van der Waals surface area contributed by atoms with Crippen molar-refractivity contribution in [2.45, 2.75) is 31.1 Å². The quantitative estimate of drug-likeness (QED) is 0.777. The van der Waals surface area contributed by atoms with E-state index in [0.29, 0.717) is 6.42 Å². The summed E-state index contributed by atoms with van der Waals surface area (Å²) >= 11 is 1.58. The number of carbonyl (C=O) groups is 1. The SMILES string of the molecule is CC1(CNC(=O)CCSc2ccc(F)cc2)CCNCC1.Cl. The fraction of sp³-hybridized carbons (Fsp3) is 0.562. The molecule has 0 aliphatic carbocycles. The van der Waals surface area contributed by atoms with E-state index in [-0.39, 0.29) is 29.5 Å². The molecule has 1 heterocycles. The summed E-state index contributed by atoms with van der Waals surface area (Å²) in [5.41, 5.74) is 0.227. The Morgan fingerprint density at radius 1 is 1.32 bits per heavy atom. The average molecular weight is 347 g/mol. The van der Waals surface area contributed by atoms with Crippen LogP contribution < -0.4 is 10.6 Å². The van der Waals surface area contributed by atoms with Crippen molar-refractivity contribution in [2.24, 2.45) is 5.41 Å². The van der Waals surface area contributed by atoms with Crippen molar-refractivity contribution >= 4 is 30.1 Å². The monoisotopic (exact) mass is 346 g/mol. The summed E-state index contributed by atoms with van der Waals surface area (Å²) in [6.07, 6.45) is 2.71. The summed E-state index contributed by atoms with van der Waals surface area (Å²) in [5, 5.41) is 6.39. The standard InChI is InChI=1S/C16H23FN2OS.ClH/c1-16(7-9-18-10-8-16)12-19-15(20)6-11-21-14-4-2-13(17)3-5-14;/h2-5,18H,6-12H2,1H3,(H,19,20);1H. The average Bonchev–Trinajstić information content (AvgIpc) is 2.48. The van der Waals surface area contributed by atoms with Crippen LogP contribution in [0.3, 0.4) is 0 Å². The molecule has 3 nitrogen and oxygen atoms in total. The highest BCUT2D eigenvalue weighted by molar-refractivity contribution is 7.99. The van der Waals surface area contributed by atoms with Crippen molar-refractivity contribution in [1.29, 1.82) is 0 Å². The van der Waals surface area contributed by atoms with E-state index in [2.05, 4.69) is 17.6 Å². The fourth-order valence-corrected chi connectivity index (χ4v) is 3.25. The van der Waals surface area contributed by atoms with Crippen LogP contribution in [0.4, 0.5) is 4.39 Å². The lowest BCUT2D eigenvalue weighted by Crippen LogP contribution is -2.42. The lowest BCUT2D eigenvalue weighted by molar-refractivity contribution is -0.121. The van der Waals surface area contributed by atoms with E-state index in [1.807, 2.05) is 0 Å². The molecule has 2 rings (SSSR count). The van der Waals surface area contributed by atoms with Gasteiger partial charge in [0.2, 0.25) is 5.91 Å². The first-order valence-corrected chi connectivity index (χ1v) is 8.42. The van der Waals surface area contributed by atoms with Crippen molar-refractivity contribution < 1.29 is 9.18 Å². The van der Waals surface area contributed by atoms with Crippen LogP contribution in [0.5, 0.6) is 0 Å². The Hall–Kier alpha value is -0.780. The summed E-state index contributed by atoms with van der Waals surface area (Å²) in [6, 6.07) is 6.38. The third-order valence-electron chi connectivity index (χ3n) is 3.93. The normalized spacial score (nSPS) is 16.6. The number of hydrogen-bond donors (Lipinski definition) is 2. The Kier molecular flexibility index (Phi) is 8.21. The number of hydrogen-bond acceptors (Lipinski definition) is 3. The molecule has 0 saturated carbocycles. The largest absolute Gasteiger partial charge is 0.356 e. The molecular formula is C16H24ClFN2OS. The number of thioether (sulfide) groups is 1. The van der Waals surface area contributed by atoms with E-state index in [9.17, 15) is 9.18 Å². The zero-order chi connectivity index (χ0) is 15.1. The van der Waals surface area contributed by atoms with Gasteiger partial charge in [-0.3, -0.25) is 4.79 Å². The van der Waals surface area contributed by atoms with Gasteiger partial charge in [0.15, 0.2) is 0 Å². The molecule has 1 fully saturated rings. The Morgan fingerprint density at radius 2 is 1.95 bits per heavy atom. The maximum Gasteiger partial charge on any atom is 0.220 e. The molecule has 124 valence electrons. The van der Waals surface area contributed by atoms with Crippen molar-refractivity contribution in [3.63, 3.8) is 0 Å². The van der Waals surface area contributed by atoms with Crippen molar-refractivity contribution in [1.82, 2.24) is 10.6 Å². The van der Waals surface area contributed by atoms with Gasteiger partial charge in [0, 0.05) is 23.6 Å². The predicted octanol–water partition coefficient (Wildman–Crippen LogP) is 3.24. The highest BCUT2D eigenvalue weighted by Gasteiger charge is 2.26. The smallest absolute Gasteiger partial charge is 0.220 e. The predicted molar refractivity (Wildman–Crippen MR) is 92.2 cm³/mol. The van der Waals surface area contributed by atoms with Crippen molar-refractivity contribution in [3.8, 4) is 0 Å². The molecule has 1 aromatic rings. The van der Waals surface area contributed by atoms with Gasteiger partial charge in [-0.05, 0) is 55.6 Å². The highest BCUT2D eigenvalue weighted by Crippen LogP contribution is 2.26. The minimum absolute atomic E-state index is 0. The molecule has 1 amide bonds. The van der Waals surface area contributed by atoms with E-state index < -0.39 is 0 Å². The molecule has 0 atom stereocenters. The second-order valence-electron chi connectivity index (χ2n) is 5.89. The van der Waals surface area contributed by atoms with Gasteiger partial charge in [-0.15, -0.1) is 24.2 Å². The number of amides is 1. The second-order valence-corrected chi connectivity index (χ2v) is 7.06. The van der Waals surface area contributed by atoms with Gasteiger partial charge in [0.25, 0.3) is 0 Å². The van der Waals surface area contributed by atoms with Crippen LogP contribution in [0.15, 0.2) is 29.2 Å². The molecule has 2 N–H and O–H groups in total. The molecule has 6 heteroatoms. The van der Waals surface area contributed by atoms with Crippen LogP contribution in [-0.4, -0.2) is 31.3 Å². The van der Waals surface area contributed by atoms with Gasteiger partial charge in [0.05, 0.1) is 0 Å². The molecule has 0 spiro atoms. The molecule has 22 heavy (non-hydrogen) atoms. The van der Waals surface area contributed by atoms with Gasteiger partial charge in [-0.1, -0.05) is 6.92 Å².